The lowest BCUT2D eigenvalue weighted by Crippen LogP contribution is -2.28. The van der Waals surface area contributed by atoms with Gasteiger partial charge in [-0.2, -0.15) is 0 Å². The number of urea groups is 1. The minimum atomic E-state index is -0.269. The van der Waals surface area contributed by atoms with Crippen molar-refractivity contribution in [1.82, 2.24) is 5.32 Å². The summed E-state index contributed by atoms with van der Waals surface area (Å²) in [6.07, 6.45) is 0. The summed E-state index contributed by atoms with van der Waals surface area (Å²) in [5, 5.41) is 5.46. The summed E-state index contributed by atoms with van der Waals surface area (Å²) in [5.41, 5.74) is 2.74. The Balaban J connectivity index is 1.80. The Hall–Kier alpha value is -2.93. The zero-order valence-corrected chi connectivity index (χ0v) is 12.6. The molecule has 0 aliphatic rings. The van der Waals surface area contributed by atoms with E-state index < -0.39 is 0 Å². The molecule has 0 aliphatic carbocycles. The van der Waals surface area contributed by atoms with Gasteiger partial charge in [0.1, 0.15) is 5.75 Å². The lowest BCUT2D eigenvalue weighted by atomic mass is 10.2. The van der Waals surface area contributed by atoms with Gasteiger partial charge in [-0.15, -0.1) is 0 Å². The molecule has 22 heavy (non-hydrogen) atoms. The van der Waals surface area contributed by atoms with Crippen LogP contribution in [-0.2, 0) is 0 Å². The van der Waals surface area contributed by atoms with E-state index in [1.165, 1.54) is 0 Å². The molecule has 4 heteroatoms. The van der Waals surface area contributed by atoms with Crippen LogP contribution in [0.3, 0.4) is 0 Å². The average Bonchev–Trinajstić information content (AvgIpc) is 2.52. The molecule has 0 aliphatic heterocycles. The third-order valence-electron chi connectivity index (χ3n) is 2.94. The number of nitrogens with one attached hydrogen (secondary N) is 2. The van der Waals surface area contributed by atoms with Crippen molar-refractivity contribution in [2.75, 3.05) is 19.0 Å². The Morgan fingerprint density at radius 2 is 1.95 bits per heavy atom. The summed E-state index contributed by atoms with van der Waals surface area (Å²) in [4.78, 5) is 11.7. The van der Waals surface area contributed by atoms with Crippen LogP contribution in [0.15, 0.2) is 48.5 Å². The van der Waals surface area contributed by atoms with Crippen LogP contribution in [0.2, 0.25) is 0 Å². The summed E-state index contributed by atoms with van der Waals surface area (Å²) in [7, 11) is 1.62. The average molecular weight is 294 g/mol. The van der Waals surface area contributed by atoms with Gasteiger partial charge in [0.05, 0.1) is 13.7 Å². The second-order valence-electron chi connectivity index (χ2n) is 4.71. The van der Waals surface area contributed by atoms with Crippen LogP contribution in [0, 0.1) is 18.8 Å². The summed E-state index contributed by atoms with van der Waals surface area (Å²) < 4.78 is 5.08. The highest BCUT2D eigenvalue weighted by atomic mass is 16.5. The van der Waals surface area contributed by atoms with Gasteiger partial charge in [-0.25, -0.2) is 4.79 Å². The minimum Gasteiger partial charge on any atom is -0.497 e. The Morgan fingerprint density at radius 3 is 2.64 bits per heavy atom. The molecule has 0 saturated heterocycles. The van der Waals surface area contributed by atoms with Gasteiger partial charge in [-0.05, 0) is 48.9 Å². The van der Waals surface area contributed by atoms with Crippen LogP contribution in [0.5, 0.6) is 5.75 Å². The first kappa shape index (κ1) is 15.5. The summed E-state index contributed by atoms with van der Waals surface area (Å²) in [5.74, 6) is 6.67. The normalized spacial score (nSPS) is 9.36. The van der Waals surface area contributed by atoms with Crippen LogP contribution >= 0.6 is 0 Å². The molecule has 0 aromatic heterocycles. The van der Waals surface area contributed by atoms with Crippen molar-refractivity contribution in [3.8, 4) is 17.6 Å². The molecule has 0 atom stereocenters. The molecule has 2 aromatic rings. The van der Waals surface area contributed by atoms with E-state index >= 15 is 0 Å². The fourth-order valence-corrected chi connectivity index (χ4v) is 1.84. The highest BCUT2D eigenvalue weighted by Gasteiger charge is 1.99. The molecule has 2 rings (SSSR count). The van der Waals surface area contributed by atoms with E-state index in [2.05, 4.69) is 22.5 Å². The SMILES string of the molecule is COc1ccc(C#CCNC(=O)Nc2cccc(C)c2)cc1. The first-order chi connectivity index (χ1) is 10.7. The molecule has 0 spiro atoms. The fraction of sp³-hybridized carbons (Fsp3) is 0.167. The molecule has 0 fully saturated rings. The van der Waals surface area contributed by atoms with Crippen LogP contribution in [0.4, 0.5) is 10.5 Å². The van der Waals surface area contributed by atoms with E-state index in [-0.39, 0.29) is 12.6 Å². The molecular weight excluding hydrogens is 276 g/mol. The molecule has 2 aromatic carbocycles. The first-order valence-electron chi connectivity index (χ1n) is 6.92. The van der Waals surface area contributed by atoms with Crippen molar-refractivity contribution < 1.29 is 9.53 Å². The number of carbonyl (C=O) groups excluding carboxylic acids is 1. The van der Waals surface area contributed by atoms with E-state index in [0.29, 0.717) is 0 Å². The number of ether oxygens (including phenoxy) is 1. The van der Waals surface area contributed by atoms with Crippen molar-refractivity contribution >= 4 is 11.7 Å². The number of methoxy groups -OCH3 is 1. The Labute approximate surface area is 130 Å². The molecule has 0 saturated carbocycles. The second kappa shape index (κ2) is 7.75. The molecule has 112 valence electrons. The number of hydrogen-bond donors (Lipinski definition) is 2. The largest absolute Gasteiger partial charge is 0.497 e. The van der Waals surface area contributed by atoms with E-state index in [0.717, 1.165) is 22.6 Å². The summed E-state index contributed by atoms with van der Waals surface area (Å²) >= 11 is 0. The fourth-order valence-electron chi connectivity index (χ4n) is 1.84. The van der Waals surface area contributed by atoms with Gasteiger partial charge < -0.3 is 15.4 Å². The number of carbonyl (C=O) groups is 1. The maximum atomic E-state index is 11.7. The molecule has 0 unspecified atom stereocenters. The predicted molar refractivity (Wildman–Crippen MR) is 88.1 cm³/mol. The zero-order valence-electron chi connectivity index (χ0n) is 12.6. The summed E-state index contributed by atoms with van der Waals surface area (Å²) in [6, 6.07) is 14.8. The predicted octanol–water partition coefficient (Wildman–Crippen LogP) is 3.18. The quantitative estimate of drug-likeness (QED) is 0.854. The van der Waals surface area contributed by atoms with Crippen molar-refractivity contribution in [3.63, 3.8) is 0 Å². The van der Waals surface area contributed by atoms with Gasteiger partial charge in [0, 0.05) is 11.3 Å². The molecule has 0 heterocycles. The van der Waals surface area contributed by atoms with Crippen LogP contribution in [-0.4, -0.2) is 19.7 Å². The third-order valence-corrected chi connectivity index (χ3v) is 2.94. The van der Waals surface area contributed by atoms with Crippen LogP contribution < -0.4 is 15.4 Å². The Bertz CT molecular complexity index is 697. The number of amides is 2. The number of hydrogen-bond acceptors (Lipinski definition) is 2. The first-order valence-corrected chi connectivity index (χ1v) is 6.92. The van der Waals surface area contributed by atoms with Crippen molar-refractivity contribution in [2.45, 2.75) is 6.92 Å². The lowest BCUT2D eigenvalue weighted by molar-refractivity contribution is 0.253. The van der Waals surface area contributed by atoms with Crippen molar-refractivity contribution in [2.24, 2.45) is 0 Å². The van der Waals surface area contributed by atoms with Gasteiger partial charge in [-0.1, -0.05) is 24.0 Å². The molecule has 2 N–H and O–H groups in total. The van der Waals surface area contributed by atoms with Crippen LogP contribution in [0.25, 0.3) is 0 Å². The monoisotopic (exact) mass is 294 g/mol. The second-order valence-corrected chi connectivity index (χ2v) is 4.71. The third kappa shape index (κ3) is 4.88. The van der Waals surface area contributed by atoms with E-state index in [4.69, 9.17) is 4.74 Å². The minimum absolute atomic E-state index is 0.269. The molecule has 0 radical (unpaired) electrons. The number of benzene rings is 2. The van der Waals surface area contributed by atoms with Gasteiger partial charge >= 0.3 is 6.03 Å². The van der Waals surface area contributed by atoms with E-state index in [9.17, 15) is 4.79 Å². The maximum Gasteiger partial charge on any atom is 0.319 e. The Kier molecular flexibility index (Phi) is 5.44. The molecule has 2 amide bonds. The molecule has 4 nitrogen and oxygen atoms in total. The van der Waals surface area contributed by atoms with Gasteiger partial charge in [-0.3, -0.25) is 0 Å². The maximum absolute atomic E-state index is 11.7. The van der Waals surface area contributed by atoms with E-state index in [1.807, 2.05) is 55.5 Å². The molecule has 0 bridgehead atoms. The zero-order chi connectivity index (χ0) is 15.8. The van der Waals surface area contributed by atoms with E-state index in [1.54, 1.807) is 7.11 Å². The number of rotatable bonds is 3. The van der Waals surface area contributed by atoms with Crippen molar-refractivity contribution in [3.05, 3.63) is 59.7 Å². The van der Waals surface area contributed by atoms with Gasteiger partial charge in [0.15, 0.2) is 0 Å². The van der Waals surface area contributed by atoms with Gasteiger partial charge in [0.25, 0.3) is 0 Å². The smallest absolute Gasteiger partial charge is 0.319 e. The molecular formula is C18H18N2O2. The van der Waals surface area contributed by atoms with Gasteiger partial charge in [0.2, 0.25) is 0 Å². The topological polar surface area (TPSA) is 50.4 Å². The van der Waals surface area contributed by atoms with Crippen molar-refractivity contribution in [1.29, 1.82) is 0 Å². The van der Waals surface area contributed by atoms with Crippen LogP contribution in [0.1, 0.15) is 11.1 Å². The Morgan fingerprint density at radius 1 is 1.18 bits per heavy atom. The summed E-state index contributed by atoms with van der Waals surface area (Å²) in [6.45, 7) is 2.26. The standard InChI is InChI=1S/C18H18N2O2/c1-14-5-3-7-16(13-14)20-18(21)19-12-4-6-15-8-10-17(22-2)11-9-15/h3,5,7-11,13H,12H2,1-2H3,(H2,19,20,21). The number of aryl methyl sites for hydroxylation is 1. The number of anilines is 1. The highest BCUT2D eigenvalue weighted by molar-refractivity contribution is 5.89. The lowest BCUT2D eigenvalue weighted by Gasteiger charge is -2.05. The highest BCUT2D eigenvalue weighted by Crippen LogP contribution is 2.10.